The van der Waals surface area contributed by atoms with E-state index in [1.165, 1.54) is 18.2 Å². The Kier molecular flexibility index (Phi) is 28.6. The van der Waals surface area contributed by atoms with Crippen molar-refractivity contribution in [2.24, 2.45) is 0 Å². The Hall–Kier alpha value is -5.20. The third kappa shape index (κ3) is 20.4. The highest BCUT2D eigenvalue weighted by Gasteiger charge is 2.49. The number of nitrogens with zero attached hydrogens (tertiary/aromatic N) is 2. The Labute approximate surface area is 532 Å². The topological polar surface area (TPSA) is 353 Å². The fourth-order valence-corrected chi connectivity index (χ4v) is 13.9. The van der Waals surface area contributed by atoms with Crippen LogP contribution in [0.5, 0.6) is 0 Å². The maximum absolute atomic E-state index is 13.0. The summed E-state index contributed by atoms with van der Waals surface area (Å²) in [6.07, 6.45) is 10.7. The van der Waals surface area contributed by atoms with Crippen LogP contribution in [0.4, 0.5) is 11.4 Å². The number of anilines is 1. The predicted molar refractivity (Wildman–Crippen MR) is 337 cm³/mol. The van der Waals surface area contributed by atoms with E-state index in [1.54, 1.807) is 44.6 Å². The van der Waals surface area contributed by atoms with Gasteiger partial charge in [-0.1, -0.05) is 30.7 Å². The lowest BCUT2D eigenvalue weighted by molar-refractivity contribution is -0.433. The van der Waals surface area contributed by atoms with Gasteiger partial charge in [-0.3, -0.25) is 23.0 Å². The van der Waals surface area contributed by atoms with Crippen LogP contribution in [0.2, 0.25) is 0 Å². The van der Waals surface area contributed by atoms with Crippen LogP contribution in [0, 0.1) is 0 Å². The van der Waals surface area contributed by atoms with Crippen molar-refractivity contribution in [1.82, 2.24) is 0 Å². The first-order valence-corrected chi connectivity index (χ1v) is 35.4. The second kappa shape index (κ2) is 34.8. The van der Waals surface area contributed by atoms with Gasteiger partial charge < -0.3 is 57.4 Å². The van der Waals surface area contributed by atoms with Crippen LogP contribution in [0.1, 0.15) is 70.4 Å². The second-order valence-electron chi connectivity index (χ2n) is 21.7. The smallest absolute Gasteiger partial charge is 0.303 e. The maximum atomic E-state index is 13.0. The monoisotopic (exact) mass is 1360 g/mol. The molecule has 2 aliphatic rings. The molecule has 6 rings (SSSR count). The zero-order valence-corrected chi connectivity index (χ0v) is 55.2. The van der Waals surface area contributed by atoms with Crippen LogP contribution in [0.25, 0.3) is 21.5 Å². The molecule has 506 valence electrons. The van der Waals surface area contributed by atoms with Gasteiger partial charge >= 0.3 is 5.97 Å². The summed E-state index contributed by atoms with van der Waals surface area (Å²) in [6.45, 7) is 11.9. The van der Waals surface area contributed by atoms with Crippen molar-refractivity contribution in [2.45, 2.75) is 89.7 Å². The number of ether oxygens (including phenoxy) is 10. The van der Waals surface area contributed by atoms with Crippen molar-refractivity contribution in [3.8, 4) is 0 Å². The van der Waals surface area contributed by atoms with Crippen LogP contribution in [0.15, 0.2) is 104 Å². The number of carbonyl (C=O) groups is 1. The van der Waals surface area contributed by atoms with E-state index in [1.807, 2.05) is 42.4 Å². The summed E-state index contributed by atoms with van der Waals surface area (Å²) in [5, 5.41) is 9.66. The molecule has 2 atom stereocenters. The molecular formula is C61H85N2O24S4+. The Bertz CT molecular complexity index is 3720. The predicted octanol–water partition coefficient (Wildman–Crippen LogP) is 6.98. The van der Waals surface area contributed by atoms with E-state index < -0.39 is 76.9 Å². The molecule has 2 unspecified atom stereocenters. The lowest BCUT2D eigenvalue weighted by atomic mass is 9.75. The molecule has 91 heavy (non-hydrogen) atoms. The summed E-state index contributed by atoms with van der Waals surface area (Å²) in [7, 11) is -17.0. The molecule has 4 aromatic carbocycles. The molecule has 0 bridgehead atoms. The molecule has 2 aliphatic heterocycles. The van der Waals surface area contributed by atoms with Crippen molar-refractivity contribution < 1.29 is 114 Å². The zero-order valence-electron chi connectivity index (χ0n) is 51.9. The van der Waals surface area contributed by atoms with Crippen LogP contribution in [0.3, 0.4) is 0 Å². The number of unbranched alkanes of at least 4 members (excludes halogenated alkanes) is 2. The summed E-state index contributed by atoms with van der Waals surface area (Å²) in [5.41, 5.74) is 1.18. The molecule has 30 heteroatoms. The number of rotatable bonds is 44. The Morgan fingerprint density at radius 3 is 1.36 bits per heavy atom. The molecule has 0 amide bonds. The maximum Gasteiger partial charge on any atom is 0.303 e. The highest BCUT2D eigenvalue weighted by Crippen LogP contribution is 2.54. The molecule has 0 fully saturated rings. The Balaban J connectivity index is 1.37. The van der Waals surface area contributed by atoms with Gasteiger partial charge in [0.2, 0.25) is 5.69 Å². The summed E-state index contributed by atoms with van der Waals surface area (Å²) in [6, 6.07) is 9.98. The van der Waals surface area contributed by atoms with Gasteiger partial charge in [-0.25, -0.2) is 0 Å². The first kappa shape index (κ1) is 74.8. The summed E-state index contributed by atoms with van der Waals surface area (Å²) in [4.78, 5) is 10.5. The molecule has 0 radical (unpaired) electrons. The minimum Gasteiger partial charge on any atom is -0.481 e. The van der Waals surface area contributed by atoms with Crippen molar-refractivity contribution in [3.63, 3.8) is 0 Å². The van der Waals surface area contributed by atoms with Gasteiger partial charge in [0.15, 0.2) is 5.71 Å². The number of aliphatic carboxylic acids is 1. The van der Waals surface area contributed by atoms with Crippen LogP contribution >= 0.6 is 0 Å². The number of carboxylic acid groups (broad SMARTS) is 1. The van der Waals surface area contributed by atoms with Gasteiger partial charge in [-0.05, 0) is 105 Å². The fourth-order valence-electron chi connectivity index (χ4n) is 11.2. The number of methoxy groups -OCH3 is 2. The third-order valence-electron chi connectivity index (χ3n) is 15.6. The largest absolute Gasteiger partial charge is 0.481 e. The Morgan fingerprint density at radius 2 is 0.934 bits per heavy atom. The highest BCUT2D eigenvalue weighted by molar-refractivity contribution is 7.87. The number of carboxylic acids is 1. The first-order valence-electron chi connectivity index (χ1n) is 29.7. The number of hydrogen-bond donors (Lipinski definition) is 5. The van der Waals surface area contributed by atoms with E-state index in [0.29, 0.717) is 151 Å². The molecule has 0 saturated heterocycles. The molecule has 26 nitrogen and oxygen atoms in total. The minimum atomic E-state index is -5.09. The lowest BCUT2D eigenvalue weighted by Gasteiger charge is -2.31. The highest BCUT2D eigenvalue weighted by atomic mass is 32.2. The van der Waals surface area contributed by atoms with Gasteiger partial charge in [-0.15, -0.1) is 0 Å². The quantitative estimate of drug-likeness (QED) is 0.0129. The van der Waals surface area contributed by atoms with Crippen LogP contribution in [-0.4, -0.2) is 219 Å². The SMILES string of the molecule is CC[N+]1=C(/C=C/C=C/C=C2/N(CCCCCC(=O)O)c3ccc4c(S(=O)(=O)O)cc(S(=O)(=O)O)cc4c3C2(C)CCOCCOCCOCCOCCOC)C(C)(CCOCCOCCOCCOCCOC)c2c1ccc1c(S(=O)(=O)O)cc(S(=O)(=O)O)cc21. The number of benzene rings is 4. The van der Waals surface area contributed by atoms with E-state index in [9.17, 15) is 61.8 Å². The van der Waals surface area contributed by atoms with E-state index in [2.05, 4.69) is 0 Å². The third-order valence-corrected chi connectivity index (χ3v) is 19.0. The summed E-state index contributed by atoms with van der Waals surface area (Å²) >= 11 is 0. The second-order valence-corrected chi connectivity index (χ2v) is 27.3. The Morgan fingerprint density at radius 1 is 0.505 bits per heavy atom. The molecule has 2 heterocycles. The molecular weight excluding hydrogens is 1270 g/mol. The molecule has 0 saturated carbocycles. The van der Waals surface area contributed by atoms with Crippen molar-refractivity contribution in [2.75, 3.05) is 151 Å². The van der Waals surface area contributed by atoms with Crippen LogP contribution < -0.4 is 4.90 Å². The van der Waals surface area contributed by atoms with Gasteiger partial charge in [0.1, 0.15) is 16.3 Å². The van der Waals surface area contributed by atoms with Gasteiger partial charge in [0, 0.05) is 85.7 Å². The molecule has 4 aromatic rings. The van der Waals surface area contributed by atoms with Crippen molar-refractivity contribution in [1.29, 1.82) is 0 Å². The fraction of sp³-hybridized carbons (Fsp3) is 0.541. The molecule has 0 aliphatic carbocycles. The zero-order chi connectivity index (χ0) is 66.5. The number of hydrogen-bond acceptors (Lipinski definition) is 20. The van der Waals surface area contributed by atoms with Gasteiger partial charge in [-0.2, -0.15) is 38.2 Å². The van der Waals surface area contributed by atoms with Gasteiger partial charge in [0.05, 0.1) is 121 Å². The summed E-state index contributed by atoms with van der Waals surface area (Å²) in [5.74, 6) is -0.955. The van der Waals surface area contributed by atoms with E-state index >= 15 is 0 Å². The molecule has 5 N–H and O–H groups in total. The van der Waals surface area contributed by atoms with Crippen LogP contribution in [-0.2, 0) is 103 Å². The first-order chi connectivity index (χ1) is 43.2. The van der Waals surface area contributed by atoms with Crippen molar-refractivity contribution >= 4 is 85.1 Å². The van der Waals surface area contributed by atoms with E-state index in [-0.39, 0.29) is 87.1 Å². The lowest BCUT2D eigenvalue weighted by Crippen LogP contribution is -2.33. The average Bonchev–Trinajstić information content (AvgIpc) is 1.62. The molecule has 0 aromatic heterocycles. The standard InChI is InChI=1S/C61H84N2O24S4/c1-6-62-51-18-16-47-49(41-45(88(66,67)68)43-53(47)90(72,73)74)58(51)60(2,20-23-80-29-31-84-37-39-86-35-33-82-27-25-78-4)55(62)13-9-7-10-14-56-61(3,21-24-81-30-32-85-38-40-87-36-34-83-28-26-79-5)59-50-42-46(89(69,70)71)44-54(91(75,76)77)48(50)17-19-52(59)63(56)22-12-8-11-15-57(64)65/h7,9-10,13-14,16-19,41-44H,6,8,11-12,15,20-40H2,1-5H3,(H4-,64,65,66,67,68,69,70,71,72,73,74,75,76,77)/p+1. The van der Waals surface area contributed by atoms with Gasteiger partial charge in [0.25, 0.3) is 40.5 Å². The van der Waals surface area contributed by atoms with E-state index in [0.717, 1.165) is 6.07 Å². The average molecular weight is 1360 g/mol. The van der Waals surface area contributed by atoms with E-state index in [4.69, 9.17) is 47.4 Å². The van der Waals surface area contributed by atoms with Crippen molar-refractivity contribution in [3.05, 3.63) is 95.7 Å². The molecule has 0 spiro atoms. The number of allylic oxidation sites excluding steroid dienone is 6. The normalized spacial score (nSPS) is 17.7. The number of fused-ring (bicyclic) bond motifs is 6. The minimum absolute atomic E-state index is 0.00482. The summed E-state index contributed by atoms with van der Waals surface area (Å²) < 4.78 is 202.